The van der Waals surface area contributed by atoms with E-state index in [0.29, 0.717) is 25.6 Å². The molecular formula is C20H17BrO6. The van der Waals surface area contributed by atoms with Gasteiger partial charge in [-0.1, -0.05) is 46.3 Å². The zero-order valence-electron chi connectivity index (χ0n) is 14.4. The molecule has 0 fully saturated rings. The van der Waals surface area contributed by atoms with Gasteiger partial charge in [0.25, 0.3) is 0 Å². The molecule has 27 heavy (non-hydrogen) atoms. The molecular weight excluding hydrogens is 416 g/mol. The first kappa shape index (κ1) is 17.9. The third-order valence-electron chi connectivity index (χ3n) is 4.10. The SMILES string of the molecule is O=C(OCc1cc(Br)cc2c1OC(c1ccccc1)OC2)C1=COCCO1. The summed E-state index contributed by atoms with van der Waals surface area (Å²) in [6.45, 7) is 1.19. The molecule has 0 radical (unpaired) electrons. The van der Waals surface area contributed by atoms with Crippen LogP contribution in [0.15, 0.2) is 59.0 Å². The maximum absolute atomic E-state index is 12.1. The van der Waals surface area contributed by atoms with Gasteiger partial charge in [-0.15, -0.1) is 0 Å². The molecule has 2 aromatic rings. The molecule has 4 rings (SSSR count). The van der Waals surface area contributed by atoms with Crippen LogP contribution in [0.1, 0.15) is 23.0 Å². The number of rotatable bonds is 4. The van der Waals surface area contributed by atoms with Crippen LogP contribution >= 0.6 is 15.9 Å². The number of hydrogen-bond donors (Lipinski definition) is 0. The van der Waals surface area contributed by atoms with Gasteiger partial charge in [-0.2, -0.15) is 0 Å². The lowest BCUT2D eigenvalue weighted by atomic mass is 10.1. The van der Waals surface area contributed by atoms with Gasteiger partial charge < -0.3 is 23.7 Å². The van der Waals surface area contributed by atoms with E-state index >= 15 is 0 Å². The number of halogens is 1. The van der Waals surface area contributed by atoms with Crippen LogP contribution in [-0.2, 0) is 37.0 Å². The van der Waals surface area contributed by atoms with Crippen LogP contribution in [0.25, 0.3) is 0 Å². The van der Waals surface area contributed by atoms with E-state index in [-0.39, 0.29) is 12.4 Å². The molecule has 1 unspecified atom stereocenters. The number of benzene rings is 2. The van der Waals surface area contributed by atoms with Crippen LogP contribution in [0.5, 0.6) is 5.75 Å². The maximum atomic E-state index is 12.1. The molecule has 0 saturated carbocycles. The molecule has 0 aromatic heterocycles. The third kappa shape index (κ3) is 4.09. The molecule has 2 aliphatic rings. The van der Waals surface area contributed by atoms with Crippen molar-refractivity contribution in [1.29, 1.82) is 0 Å². The first-order valence-corrected chi connectivity index (χ1v) is 9.26. The van der Waals surface area contributed by atoms with E-state index in [9.17, 15) is 4.79 Å². The van der Waals surface area contributed by atoms with Crippen molar-refractivity contribution in [1.82, 2.24) is 0 Å². The Morgan fingerprint density at radius 2 is 2.04 bits per heavy atom. The van der Waals surface area contributed by atoms with Crippen LogP contribution in [0.4, 0.5) is 0 Å². The monoisotopic (exact) mass is 432 g/mol. The van der Waals surface area contributed by atoms with Crippen LogP contribution in [-0.4, -0.2) is 19.2 Å². The second-order valence-electron chi connectivity index (χ2n) is 6.00. The van der Waals surface area contributed by atoms with Gasteiger partial charge in [0, 0.05) is 21.2 Å². The second-order valence-corrected chi connectivity index (χ2v) is 6.92. The third-order valence-corrected chi connectivity index (χ3v) is 4.56. The van der Waals surface area contributed by atoms with Crippen LogP contribution in [0, 0.1) is 0 Å². The summed E-state index contributed by atoms with van der Waals surface area (Å²) in [6, 6.07) is 13.5. The fraction of sp³-hybridized carbons (Fsp3) is 0.250. The molecule has 0 N–H and O–H groups in total. The molecule has 0 amide bonds. The van der Waals surface area contributed by atoms with Gasteiger partial charge >= 0.3 is 5.97 Å². The predicted octanol–water partition coefficient (Wildman–Crippen LogP) is 3.99. The molecule has 2 heterocycles. The fourth-order valence-corrected chi connectivity index (χ4v) is 3.40. The van der Waals surface area contributed by atoms with Crippen LogP contribution < -0.4 is 4.74 Å². The van der Waals surface area contributed by atoms with E-state index < -0.39 is 12.3 Å². The number of carbonyl (C=O) groups excluding carboxylic acids is 1. The topological polar surface area (TPSA) is 63.2 Å². The largest absolute Gasteiger partial charge is 0.493 e. The molecule has 0 aliphatic carbocycles. The van der Waals surface area contributed by atoms with Crippen LogP contribution in [0.2, 0.25) is 0 Å². The number of fused-ring (bicyclic) bond motifs is 1. The molecule has 6 nitrogen and oxygen atoms in total. The summed E-state index contributed by atoms with van der Waals surface area (Å²) < 4.78 is 28.5. The number of esters is 1. The molecule has 2 aromatic carbocycles. The van der Waals surface area contributed by atoms with Crippen LogP contribution in [0.3, 0.4) is 0 Å². The smallest absolute Gasteiger partial charge is 0.377 e. The van der Waals surface area contributed by atoms with E-state index in [1.165, 1.54) is 6.26 Å². The quantitative estimate of drug-likeness (QED) is 0.680. The number of hydrogen-bond acceptors (Lipinski definition) is 6. The normalized spacial score (nSPS) is 18.3. The zero-order chi connectivity index (χ0) is 18.6. The van der Waals surface area contributed by atoms with E-state index in [2.05, 4.69) is 15.9 Å². The minimum absolute atomic E-state index is 0.0445. The summed E-state index contributed by atoms with van der Waals surface area (Å²) in [6.07, 6.45) is 0.768. The lowest BCUT2D eigenvalue weighted by Crippen LogP contribution is -2.20. The molecule has 0 saturated heterocycles. The Bertz CT molecular complexity index is 864. The van der Waals surface area contributed by atoms with Crippen molar-refractivity contribution in [3.05, 3.63) is 75.6 Å². The molecule has 0 bridgehead atoms. The highest BCUT2D eigenvalue weighted by molar-refractivity contribution is 9.10. The van der Waals surface area contributed by atoms with E-state index in [4.69, 9.17) is 23.7 Å². The van der Waals surface area contributed by atoms with Crippen molar-refractivity contribution in [3.8, 4) is 5.75 Å². The van der Waals surface area contributed by atoms with E-state index in [1.807, 2.05) is 42.5 Å². The zero-order valence-corrected chi connectivity index (χ0v) is 15.9. The van der Waals surface area contributed by atoms with E-state index in [0.717, 1.165) is 21.2 Å². The molecule has 2 aliphatic heterocycles. The summed E-state index contributed by atoms with van der Waals surface area (Å²) in [5, 5.41) is 0. The number of carbonyl (C=O) groups is 1. The van der Waals surface area contributed by atoms with Gasteiger partial charge in [-0.3, -0.25) is 0 Å². The summed E-state index contributed by atoms with van der Waals surface area (Å²) in [5.41, 5.74) is 2.56. The van der Waals surface area contributed by atoms with Gasteiger partial charge in [-0.25, -0.2) is 4.79 Å². The summed E-state index contributed by atoms with van der Waals surface area (Å²) in [5.74, 6) is 0.160. The highest BCUT2D eigenvalue weighted by Gasteiger charge is 2.26. The van der Waals surface area contributed by atoms with Crippen molar-refractivity contribution < 1.29 is 28.5 Å². The highest BCUT2D eigenvalue weighted by Crippen LogP contribution is 2.38. The fourth-order valence-electron chi connectivity index (χ4n) is 2.85. The minimum atomic E-state index is -0.574. The summed E-state index contributed by atoms with van der Waals surface area (Å²) >= 11 is 3.48. The van der Waals surface area contributed by atoms with E-state index in [1.54, 1.807) is 0 Å². The standard InChI is InChI=1S/C20H17BrO6/c21-16-8-14(10-25-19(22)17-12-23-6-7-24-17)18-15(9-16)11-26-20(27-18)13-4-2-1-3-5-13/h1-5,8-9,12,20H,6-7,10-11H2. The van der Waals surface area contributed by atoms with Crippen molar-refractivity contribution in [2.45, 2.75) is 19.5 Å². The average Bonchev–Trinajstić information content (AvgIpc) is 2.72. The Morgan fingerprint density at radius 3 is 2.81 bits per heavy atom. The number of ether oxygens (including phenoxy) is 5. The lowest BCUT2D eigenvalue weighted by molar-refractivity contribution is -0.146. The Labute approximate surface area is 164 Å². The van der Waals surface area contributed by atoms with Crippen molar-refractivity contribution in [2.24, 2.45) is 0 Å². The first-order valence-electron chi connectivity index (χ1n) is 8.47. The van der Waals surface area contributed by atoms with Crippen molar-refractivity contribution in [2.75, 3.05) is 13.2 Å². The molecule has 140 valence electrons. The summed E-state index contributed by atoms with van der Waals surface area (Å²) in [7, 11) is 0. The van der Waals surface area contributed by atoms with Crippen molar-refractivity contribution >= 4 is 21.9 Å². The molecule has 0 spiro atoms. The average molecular weight is 433 g/mol. The Hall–Kier alpha value is -2.51. The second kappa shape index (κ2) is 8.02. The van der Waals surface area contributed by atoms with Gasteiger partial charge in [0.15, 0.2) is 0 Å². The predicted molar refractivity (Wildman–Crippen MR) is 98.5 cm³/mol. The Balaban J connectivity index is 1.53. The van der Waals surface area contributed by atoms with Gasteiger partial charge in [0.05, 0.1) is 6.61 Å². The van der Waals surface area contributed by atoms with Crippen molar-refractivity contribution in [3.63, 3.8) is 0 Å². The molecule has 7 heteroatoms. The Morgan fingerprint density at radius 1 is 1.19 bits per heavy atom. The minimum Gasteiger partial charge on any atom is -0.493 e. The van der Waals surface area contributed by atoms with Gasteiger partial charge in [0.1, 0.15) is 31.8 Å². The summed E-state index contributed by atoms with van der Waals surface area (Å²) in [4.78, 5) is 12.1. The van der Waals surface area contributed by atoms with Gasteiger partial charge in [0.2, 0.25) is 12.0 Å². The maximum Gasteiger partial charge on any atom is 0.377 e. The van der Waals surface area contributed by atoms with Gasteiger partial charge in [-0.05, 0) is 12.1 Å². The first-order chi connectivity index (χ1) is 13.2. The Kier molecular flexibility index (Phi) is 5.31. The molecule has 1 atom stereocenters. The lowest BCUT2D eigenvalue weighted by Gasteiger charge is -2.28. The highest BCUT2D eigenvalue weighted by atomic mass is 79.9.